The number of nitrogens with one attached hydrogen (secondary N) is 2. The van der Waals surface area contributed by atoms with Crippen LogP contribution in [0.4, 0.5) is 10.5 Å². The number of nitrogens with zero attached hydrogens (tertiary/aromatic N) is 5. The fourth-order valence-electron chi connectivity index (χ4n) is 5.80. The SMILES string of the molecule is CC[C@H](C)c1nnc2ccc(O[C@@H]3CC[C@H](NC(=O)Nc4cc(C(=O)CCCN(C)C)nc(C(C)(C)C)c4)c4ccccc43)cn12. The van der Waals surface area contributed by atoms with Gasteiger partial charge < -0.3 is 20.3 Å². The largest absolute Gasteiger partial charge is 0.484 e. The summed E-state index contributed by atoms with van der Waals surface area (Å²) in [5, 5.41) is 14.9. The van der Waals surface area contributed by atoms with Crippen molar-refractivity contribution in [2.24, 2.45) is 0 Å². The second-order valence-corrected chi connectivity index (χ2v) is 13.6. The third-order valence-corrected chi connectivity index (χ3v) is 8.62. The molecule has 0 saturated heterocycles. The summed E-state index contributed by atoms with van der Waals surface area (Å²) in [5.41, 5.74) is 4.27. The van der Waals surface area contributed by atoms with Crippen LogP contribution in [0.2, 0.25) is 0 Å². The molecule has 0 unspecified atom stereocenters. The Bertz CT molecular complexity index is 1690. The van der Waals surface area contributed by atoms with Crippen LogP contribution in [-0.2, 0) is 5.41 Å². The van der Waals surface area contributed by atoms with E-state index in [9.17, 15) is 9.59 Å². The van der Waals surface area contributed by atoms with Crippen LogP contribution in [0.25, 0.3) is 5.65 Å². The number of ketones is 1. The van der Waals surface area contributed by atoms with Crippen molar-refractivity contribution in [3.63, 3.8) is 0 Å². The third kappa shape index (κ3) is 7.73. The molecule has 46 heavy (non-hydrogen) atoms. The standard InChI is InChI=1S/C36H47N7O3/c1-8-23(2)34-41-40-33-18-15-25(22-43(33)34)46-31-17-16-28(26-12-9-10-13-27(26)31)39-35(45)37-24-20-29(30(44)14-11-19-42(6)7)38-32(21-24)36(3,4)5/h9-10,12-13,15,18,20-23,28,31H,8,11,14,16-17,19H2,1-7H3,(H2,37,38,39,45)/t23-,28-,31+/m0/s1. The van der Waals surface area contributed by atoms with E-state index < -0.39 is 0 Å². The van der Waals surface area contributed by atoms with Crippen molar-refractivity contribution < 1.29 is 14.3 Å². The van der Waals surface area contributed by atoms with Gasteiger partial charge in [0.25, 0.3) is 0 Å². The minimum atomic E-state index is -0.327. The number of carbonyl (C=O) groups is 2. The highest BCUT2D eigenvalue weighted by Crippen LogP contribution is 2.39. The molecule has 0 spiro atoms. The van der Waals surface area contributed by atoms with E-state index in [4.69, 9.17) is 4.74 Å². The van der Waals surface area contributed by atoms with Crippen molar-refractivity contribution in [1.29, 1.82) is 0 Å². The van der Waals surface area contributed by atoms with E-state index >= 15 is 0 Å². The lowest BCUT2D eigenvalue weighted by Crippen LogP contribution is -2.35. The molecule has 3 atom stereocenters. The molecule has 0 bridgehead atoms. The average Bonchev–Trinajstić information content (AvgIpc) is 3.44. The first-order valence-electron chi connectivity index (χ1n) is 16.3. The zero-order valence-electron chi connectivity index (χ0n) is 28.1. The number of aromatic nitrogens is 4. The predicted octanol–water partition coefficient (Wildman–Crippen LogP) is 7.24. The van der Waals surface area contributed by atoms with Crippen LogP contribution >= 0.6 is 0 Å². The van der Waals surface area contributed by atoms with Crippen molar-refractivity contribution >= 4 is 23.1 Å². The van der Waals surface area contributed by atoms with Gasteiger partial charge in [-0.2, -0.15) is 0 Å². The Morgan fingerprint density at radius 3 is 2.54 bits per heavy atom. The van der Waals surface area contributed by atoms with Gasteiger partial charge in [0.1, 0.15) is 23.4 Å². The zero-order valence-corrected chi connectivity index (χ0v) is 28.1. The highest BCUT2D eigenvalue weighted by atomic mass is 16.5. The molecule has 5 rings (SSSR count). The summed E-state index contributed by atoms with van der Waals surface area (Å²) in [6, 6.07) is 15.0. The van der Waals surface area contributed by atoms with Crippen molar-refractivity contribution in [3.8, 4) is 5.75 Å². The minimum Gasteiger partial charge on any atom is -0.484 e. The Morgan fingerprint density at radius 1 is 1.07 bits per heavy atom. The first-order valence-corrected chi connectivity index (χ1v) is 16.3. The van der Waals surface area contributed by atoms with Gasteiger partial charge in [-0.05, 0) is 81.7 Å². The van der Waals surface area contributed by atoms with E-state index in [1.165, 1.54) is 0 Å². The molecular weight excluding hydrogens is 578 g/mol. The van der Waals surface area contributed by atoms with Crippen molar-refractivity contribution in [3.05, 3.63) is 83.1 Å². The molecule has 0 fully saturated rings. The van der Waals surface area contributed by atoms with E-state index in [0.29, 0.717) is 24.2 Å². The van der Waals surface area contributed by atoms with Gasteiger partial charge in [-0.25, -0.2) is 9.78 Å². The molecule has 3 aromatic heterocycles. The number of urea groups is 1. The van der Waals surface area contributed by atoms with Gasteiger partial charge in [0.2, 0.25) is 0 Å². The lowest BCUT2D eigenvalue weighted by molar-refractivity contribution is 0.0972. The van der Waals surface area contributed by atoms with E-state index in [0.717, 1.165) is 59.8 Å². The van der Waals surface area contributed by atoms with Gasteiger partial charge in [0.15, 0.2) is 11.4 Å². The molecule has 1 aliphatic carbocycles. The molecule has 1 aliphatic rings. The third-order valence-electron chi connectivity index (χ3n) is 8.62. The smallest absolute Gasteiger partial charge is 0.319 e. The van der Waals surface area contributed by atoms with Crippen molar-refractivity contribution in [1.82, 2.24) is 29.8 Å². The minimum absolute atomic E-state index is 0.0248. The van der Waals surface area contributed by atoms with Gasteiger partial charge in [0, 0.05) is 29.1 Å². The molecule has 0 radical (unpaired) electrons. The quantitative estimate of drug-likeness (QED) is 0.169. The van der Waals surface area contributed by atoms with Gasteiger partial charge in [0.05, 0.1) is 12.2 Å². The maximum atomic E-state index is 13.4. The van der Waals surface area contributed by atoms with Gasteiger partial charge >= 0.3 is 6.03 Å². The first-order chi connectivity index (χ1) is 21.9. The Kier molecular flexibility index (Phi) is 10.1. The number of rotatable bonds is 11. The summed E-state index contributed by atoms with van der Waals surface area (Å²) in [4.78, 5) is 33.2. The molecule has 4 aromatic rings. The maximum Gasteiger partial charge on any atom is 0.319 e. The summed E-state index contributed by atoms with van der Waals surface area (Å²) in [5.74, 6) is 1.93. The lowest BCUT2D eigenvalue weighted by atomic mass is 9.85. The van der Waals surface area contributed by atoms with Crippen LogP contribution in [0.3, 0.4) is 0 Å². The molecule has 244 valence electrons. The number of amides is 2. The van der Waals surface area contributed by atoms with Gasteiger partial charge in [-0.1, -0.05) is 58.9 Å². The van der Waals surface area contributed by atoms with Crippen LogP contribution in [0, 0.1) is 0 Å². The van der Waals surface area contributed by atoms with Crippen LogP contribution in [-0.4, -0.2) is 56.9 Å². The van der Waals surface area contributed by atoms with Crippen molar-refractivity contribution in [2.75, 3.05) is 26.0 Å². The summed E-state index contributed by atoms with van der Waals surface area (Å²) >= 11 is 0. The van der Waals surface area contributed by atoms with Crippen molar-refractivity contribution in [2.45, 2.75) is 90.2 Å². The number of benzene rings is 1. The summed E-state index contributed by atoms with van der Waals surface area (Å²) in [6.07, 6.45) is 5.37. The lowest BCUT2D eigenvalue weighted by Gasteiger charge is -2.32. The maximum absolute atomic E-state index is 13.4. The first kappa shape index (κ1) is 33.1. The van der Waals surface area contributed by atoms with E-state index in [2.05, 4.69) is 56.7 Å². The van der Waals surface area contributed by atoms with Crippen LogP contribution in [0.5, 0.6) is 5.75 Å². The highest BCUT2D eigenvalue weighted by Gasteiger charge is 2.30. The highest BCUT2D eigenvalue weighted by molar-refractivity contribution is 5.97. The number of anilines is 1. The van der Waals surface area contributed by atoms with Gasteiger partial charge in [-0.15, -0.1) is 10.2 Å². The molecular formula is C36H47N7O3. The molecule has 0 saturated carbocycles. The molecule has 10 nitrogen and oxygen atoms in total. The molecule has 3 heterocycles. The molecule has 0 aliphatic heterocycles. The average molecular weight is 626 g/mol. The second-order valence-electron chi connectivity index (χ2n) is 13.6. The molecule has 2 N–H and O–H groups in total. The van der Waals surface area contributed by atoms with Crippen LogP contribution in [0.1, 0.15) is 118 Å². The molecule has 10 heteroatoms. The Hall–Kier alpha value is -4.31. The van der Waals surface area contributed by atoms with E-state index in [1.807, 2.05) is 75.8 Å². The predicted molar refractivity (Wildman–Crippen MR) is 181 cm³/mol. The normalized spacial score (nSPS) is 17.0. The number of hydrogen-bond acceptors (Lipinski definition) is 7. The van der Waals surface area contributed by atoms with Gasteiger partial charge in [-0.3, -0.25) is 9.20 Å². The van der Waals surface area contributed by atoms with E-state index in [1.54, 1.807) is 6.07 Å². The summed E-state index contributed by atoms with van der Waals surface area (Å²) < 4.78 is 8.57. The van der Waals surface area contributed by atoms with E-state index in [-0.39, 0.29) is 35.3 Å². The Balaban J connectivity index is 1.30. The fraction of sp³-hybridized carbons (Fsp3) is 0.472. The van der Waals surface area contributed by atoms with Crippen LogP contribution in [0.15, 0.2) is 54.7 Å². The monoisotopic (exact) mass is 625 g/mol. The summed E-state index contributed by atoms with van der Waals surface area (Å²) in [7, 11) is 3.98. The second kappa shape index (κ2) is 14.0. The number of fused-ring (bicyclic) bond motifs is 2. The number of pyridine rings is 2. The number of hydrogen-bond donors (Lipinski definition) is 2. The number of ether oxygens (including phenoxy) is 1. The Morgan fingerprint density at radius 2 is 1.83 bits per heavy atom. The molecule has 2 amide bonds. The Labute approximate surface area is 272 Å². The number of carbonyl (C=O) groups excluding carboxylic acids is 2. The topological polar surface area (TPSA) is 114 Å². The fourth-order valence-corrected chi connectivity index (χ4v) is 5.80. The van der Waals surface area contributed by atoms with Crippen LogP contribution < -0.4 is 15.4 Å². The number of Topliss-reactive ketones (excluding diaryl/α,β-unsaturated/α-hetero) is 1. The summed E-state index contributed by atoms with van der Waals surface area (Å²) in [6.45, 7) is 11.3. The molecule has 1 aromatic carbocycles. The zero-order chi connectivity index (χ0) is 33.0.